The number of fused-ring (bicyclic) bond motifs is 1. The van der Waals surface area contributed by atoms with Crippen LogP contribution >= 0.6 is 0 Å². The molecule has 0 atom stereocenters. The first-order valence-electron chi connectivity index (χ1n) is 7.37. The predicted molar refractivity (Wildman–Crippen MR) is 90.8 cm³/mol. The fourth-order valence-electron chi connectivity index (χ4n) is 2.26. The topological polar surface area (TPSA) is 100 Å². The smallest absolute Gasteiger partial charge is 0.239 e. The van der Waals surface area contributed by atoms with Crippen LogP contribution in [0.2, 0.25) is 0 Å². The summed E-state index contributed by atoms with van der Waals surface area (Å²) in [6.07, 6.45) is 0. The van der Waals surface area contributed by atoms with E-state index in [0.717, 1.165) is 6.07 Å². The Balaban J connectivity index is 0.00000100. The number of benzene rings is 2. The Morgan fingerprint density at radius 3 is 2.17 bits per heavy atom. The van der Waals surface area contributed by atoms with E-state index < -0.39 is 5.43 Å². The van der Waals surface area contributed by atoms with E-state index in [1.54, 1.807) is 12.1 Å². The van der Waals surface area contributed by atoms with E-state index in [9.17, 15) is 20.1 Å². The molecule has 0 spiro atoms. The van der Waals surface area contributed by atoms with Crippen molar-refractivity contribution in [3.8, 4) is 34.3 Å². The van der Waals surface area contributed by atoms with Crippen LogP contribution in [0.4, 0.5) is 0 Å². The molecule has 24 heavy (non-hydrogen) atoms. The molecule has 0 aliphatic heterocycles. The van der Waals surface area contributed by atoms with Crippen molar-refractivity contribution in [2.45, 2.75) is 13.8 Å². The zero-order chi connectivity index (χ0) is 17.9. The van der Waals surface area contributed by atoms with Gasteiger partial charge in [0.05, 0.1) is 7.11 Å². The lowest BCUT2D eigenvalue weighted by atomic mass is 10.1. The summed E-state index contributed by atoms with van der Waals surface area (Å²) in [7, 11) is 1.32. The minimum absolute atomic E-state index is 0.0337. The number of hydrogen-bond donors (Lipinski definition) is 3. The summed E-state index contributed by atoms with van der Waals surface area (Å²) >= 11 is 0. The fraction of sp³-hybridized carbons (Fsp3) is 0.167. The zero-order valence-electron chi connectivity index (χ0n) is 13.5. The summed E-state index contributed by atoms with van der Waals surface area (Å²) in [5, 5.41) is 28.6. The Morgan fingerprint density at radius 1 is 0.958 bits per heavy atom. The van der Waals surface area contributed by atoms with Crippen molar-refractivity contribution in [3.05, 3.63) is 46.6 Å². The van der Waals surface area contributed by atoms with Crippen molar-refractivity contribution >= 4 is 11.0 Å². The van der Waals surface area contributed by atoms with Crippen LogP contribution in [0.1, 0.15) is 13.8 Å². The van der Waals surface area contributed by atoms with E-state index in [2.05, 4.69) is 0 Å². The molecule has 0 saturated carbocycles. The van der Waals surface area contributed by atoms with Crippen molar-refractivity contribution in [1.82, 2.24) is 0 Å². The monoisotopic (exact) mass is 330 g/mol. The van der Waals surface area contributed by atoms with Crippen LogP contribution in [-0.4, -0.2) is 22.4 Å². The van der Waals surface area contributed by atoms with Gasteiger partial charge >= 0.3 is 0 Å². The van der Waals surface area contributed by atoms with E-state index in [-0.39, 0.29) is 39.7 Å². The highest BCUT2D eigenvalue weighted by Gasteiger charge is 2.19. The first-order valence-corrected chi connectivity index (χ1v) is 7.37. The number of phenols is 3. The third kappa shape index (κ3) is 2.99. The van der Waals surface area contributed by atoms with Gasteiger partial charge in [0.25, 0.3) is 0 Å². The van der Waals surface area contributed by atoms with Crippen molar-refractivity contribution in [2.75, 3.05) is 7.11 Å². The average molecular weight is 330 g/mol. The van der Waals surface area contributed by atoms with E-state index in [0.29, 0.717) is 5.56 Å². The van der Waals surface area contributed by atoms with Crippen LogP contribution in [0.5, 0.6) is 23.0 Å². The third-order valence-electron chi connectivity index (χ3n) is 3.25. The van der Waals surface area contributed by atoms with Gasteiger partial charge in [-0.15, -0.1) is 0 Å². The lowest BCUT2D eigenvalue weighted by molar-refractivity contribution is 0.397. The summed E-state index contributed by atoms with van der Waals surface area (Å²) in [6, 6.07) is 8.30. The van der Waals surface area contributed by atoms with Crippen molar-refractivity contribution in [1.29, 1.82) is 0 Å². The van der Waals surface area contributed by atoms with Crippen LogP contribution in [0.25, 0.3) is 22.3 Å². The van der Waals surface area contributed by atoms with Gasteiger partial charge < -0.3 is 24.5 Å². The van der Waals surface area contributed by atoms with Gasteiger partial charge in [-0.2, -0.15) is 0 Å². The maximum atomic E-state index is 12.5. The molecule has 3 rings (SSSR count). The normalized spacial score (nSPS) is 10.1. The predicted octanol–water partition coefficient (Wildman–Crippen LogP) is 3.61. The molecule has 0 fully saturated rings. The third-order valence-corrected chi connectivity index (χ3v) is 3.25. The first-order chi connectivity index (χ1) is 11.5. The molecular formula is C18H18O6. The van der Waals surface area contributed by atoms with Gasteiger partial charge in [-0.3, -0.25) is 4.79 Å². The first kappa shape index (κ1) is 17.2. The zero-order valence-corrected chi connectivity index (χ0v) is 13.5. The van der Waals surface area contributed by atoms with E-state index in [1.165, 1.54) is 25.3 Å². The quantitative estimate of drug-likeness (QED) is 0.663. The molecule has 0 amide bonds. The van der Waals surface area contributed by atoms with Gasteiger partial charge in [-0.05, 0) is 24.3 Å². The van der Waals surface area contributed by atoms with Crippen LogP contribution in [0.15, 0.2) is 45.6 Å². The second-order valence-corrected chi connectivity index (χ2v) is 4.68. The second-order valence-electron chi connectivity index (χ2n) is 4.68. The molecule has 0 unspecified atom stereocenters. The summed E-state index contributed by atoms with van der Waals surface area (Å²) < 4.78 is 10.7. The molecule has 1 heterocycles. The summed E-state index contributed by atoms with van der Waals surface area (Å²) in [4.78, 5) is 12.5. The molecule has 2 aromatic carbocycles. The average Bonchev–Trinajstić information content (AvgIpc) is 2.56. The molecule has 0 bridgehead atoms. The van der Waals surface area contributed by atoms with Gasteiger partial charge in [0.2, 0.25) is 11.2 Å². The molecule has 0 saturated heterocycles. The maximum Gasteiger partial charge on any atom is 0.239 e. The van der Waals surface area contributed by atoms with Crippen molar-refractivity contribution in [3.63, 3.8) is 0 Å². The summed E-state index contributed by atoms with van der Waals surface area (Å²) in [5.41, 5.74) is -0.00724. The number of hydrogen-bond acceptors (Lipinski definition) is 6. The van der Waals surface area contributed by atoms with Gasteiger partial charge in [0, 0.05) is 17.7 Å². The highest BCUT2D eigenvalue weighted by molar-refractivity contribution is 5.88. The van der Waals surface area contributed by atoms with Crippen LogP contribution in [-0.2, 0) is 0 Å². The van der Waals surface area contributed by atoms with Crippen LogP contribution < -0.4 is 10.2 Å². The number of ether oxygens (including phenoxy) is 1. The van der Waals surface area contributed by atoms with E-state index in [1.807, 2.05) is 13.8 Å². The molecule has 126 valence electrons. The van der Waals surface area contributed by atoms with Crippen LogP contribution in [0, 0.1) is 0 Å². The Labute approximate surface area is 138 Å². The SMILES string of the molecule is CC.COc1c(-c2ccc(O)cc2)oc2cc(O)cc(O)c2c1=O. The Bertz CT molecular complexity index is 909. The highest BCUT2D eigenvalue weighted by atomic mass is 16.5. The van der Waals surface area contributed by atoms with E-state index in [4.69, 9.17) is 9.15 Å². The van der Waals surface area contributed by atoms with Gasteiger partial charge in [0.1, 0.15) is 28.2 Å². The number of phenolic OH excluding ortho intramolecular Hbond substituents is 3. The molecule has 3 N–H and O–H groups in total. The minimum atomic E-state index is -0.552. The van der Waals surface area contributed by atoms with Crippen molar-refractivity contribution in [2.24, 2.45) is 0 Å². The largest absolute Gasteiger partial charge is 0.508 e. The summed E-state index contributed by atoms with van der Waals surface area (Å²) in [6.45, 7) is 4.00. The summed E-state index contributed by atoms with van der Waals surface area (Å²) in [5.74, 6) is -0.473. The standard InChI is InChI=1S/C16H12O6.C2H6/c1-21-16-14(20)13-11(19)6-10(18)7-12(13)22-15(16)8-2-4-9(17)5-3-8;1-2/h2-7,17-19H,1H3;1-2H3. The lowest BCUT2D eigenvalue weighted by Gasteiger charge is -2.10. The fourth-order valence-corrected chi connectivity index (χ4v) is 2.26. The molecule has 6 heteroatoms. The molecular weight excluding hydrogens is 312 g/mol. The lowest BCUT2D eigenvalue weighted by Crippen LogP contribution is -2.07. The Hall–Kier alpha value is -3.15. The maximum absolute atomic E-state index is 12.5. The van der Waals surface area contributed by atoms with Gasteiger partial charge in [0.15, 0.2) is 5.76 Å². The number of rotatable bonds is 2. The number of methoxy groups -OCH3 is 1. The van der Waals surface area contributed by atoms with Crippen LogP contribution in [0.3, 0.4) is 0 Å². The molecule has 1 aromatic heterocycles. The Kier molecular flexibility index (Phi) is 4.99. The Morgan fingerprint density at radius 2 is 1.58 bits per heavy atom. The molecule has 0 radical (unpaired) electrons. The van der Waals surface area contributed by atoms with E-state index >= 15 is 0 Å². The highest BCUT2D eigenvalue weighted by Crippen LogP contribution is 2.35. The molecule has 0 aliphatic carbocycles. The van der Waals surface area contributed by atoms with Crippen molar-refractivity contribution < 1.29 is 24.5 Å². The van der Waals surface area contributed by atoms with Gasteiger partial charge in [-0.1, -0.05) is 13.8 Å². The second kappa shape index (κ2) is 6.95. The molecule has 6 nitrogen and oxygen atoms in total. The minimum Gasteiger partial charge on any atom is -0.508 e. The molecule has 0 aliphatic rings. The number of aromatic hydroxyl groups is 3. The molecule has 3 aromatic rings. The van der Waals surface area contributed by atoms with Gasteiger partial charge in [-0.25, -0.2) is 0 Å².